The number of nitrogens with one attached hydrogen (secondary N) is 1. The van der Waals surface area contributed by atoms with Gasteiger partial charge >= 0.3 is 0 Å². The number of guanidine groups is 1. The standard InChI is InChI=1S/C15H24FN5/c1-2-3-8-18-15(19-17)21-11-9-20(10-12-21)14-6-4-13(16)5-7-14/h4-7H,2-3,8-12,17H2,1H3,(H,18,19). The van der Waals surface area contributed by atoms with Gasteiger partial charge in [-0.25, -0.2) is 10.2 Å². The van der Waals surface area contributed by atoms with Gasteiger partial charge in [0, 0.05) is 38.4 Å². The molecule has 1 aromatic rings. The third-order valence-corrected chi connectivity index (χ3v) is 3.67. The quantitative estimate of drug-likeness (QED) is 0.291. The molecule has 3 N–H and O–H groups in total. The normalized spacial score (nSPS) is 16.2. The summed E-state index contributed by atoms with van der Waals surface area (Å²) in [6.07, 6.45) is 2.19. The van der Waals surface area contributed by atoms with Crippen molar-refractivity contribution in [3.8, 4) is 0 Å². The Hall–Kier alpha value is -1.82. The molecule has 1 aromatic carbocycles. The summed E-state index contributed by atoms with van der Waals surface area (Å²) < 4.78 is 13.0. The maximum absolute atomic E-state index is 13.0. The second kappa shape index (κ2) is 7.83. The Labute approximate surface area is 125 Å². The zero-order valence-corrected chi connectivity index (χ0v) is 12.6. The van der Waals surface area contributed by atoms with Gasteiger partial charge in [0.2, 0.25) is 5.96 Å². The number of unbranched alkanes of at least 4 members (excludes halogenated alkanes) is 1. The van der Waals surface area contributed by atoms with Gasteiger partial charge in [-0.15, -0.1) is 0 Å². The SMILES string of the molecule is CCCCN=C(NN)N1CCN(c2ccc(F)cc2)CC1. The summed E-state index contributed by atoms with van der Waals surface area (Å²) in [7, 11) is 0. The first-order chi connectivity index (χ1) is 10.2. The zero-order chi connectivity index (χ0) is 15.1. The first-order valence-electron chi connectivity index (χ1n) is 7.51. The van der Waals surface area contributed by atoms with Crippen molar-refractivity contribution < 1.29 is 4.39 Å². The van der Waals surface area contributed by atoms with Crippen molar-refractivity contribution in [2.75, 3.05) is 37.6 Å². The Morgan fingerprint density at radius 2 is 1.90 bits per heavy atom. The summed E-state index contributed by atoms with van der Waals surface area (Å²) in [5.74, 6) is 6.14. The van der Waals surface area contributed by atoms with Crippen molar-refractivity contribution in [2.24, 2.45) is 10.8 Å². The van der Waals surface area contributed by atoms with Crippen molar-refractivity contribution in [2.45, 2.75) is 19.8 Å². The second-order valence-corrected chi connectivity index (χ2v) is 5.15. The van der Waals surface area contributed by atoms with Crippen LogP contribution in [0.25, 0.3) is 0 Å². The molecule has 2 rings (SSSR count). The van der Waals surface area contributed by atoms with Crippen molar-refractivity contribution in [1.29, 1.82) is 0 Å². The number of anilines is 1. The molecule has 0 atom stereocenters. The molecular formula is C15H24FN5. The Morgan fingerprint density at radius 1 is 1.24 bits per heavy atom. The van der Waals surface area contributed by atoms with Crippen LogP contribution in [-0.4, -0.2) is 43.6 Å². The number of hydrogen-bond donors (Lipinski definition) is 2. The van der Waals surface area contributed by atoms with E-state index < -0.39 is 0 Å². The molecule has 1 fully saturated rings. The summed E-state index contributed by atoms with van der Waals surface area (Å²) >= 11 is 0. The van der Waals surface area contributed by atoms with Gasteiger partial charge in [0.1, 0.15) is 5.82 Å². The van der Waals surface area contributed by atoms with E-state index in [1.165, 1.54) is 12.1 Å². The van der Waals surface area contributed by atoms with Crippen LogP contribution in [0, 0.1) is 5.82 Å². The summed E-state index contributed by atoms with van der Waals surface area (Å²) in [4.78, 5) is 8.91. The number of benzene rings is 1. The molecule has 1 aliphatic rings. The van der Waals surface area contributed by atoms with Gasteiger partial charge in [0.15, 0.2) is 0 Å². The number of hydrazine groups is 1. The molecule has 0 aliphatic carbocycles. The van der Waals surface area contributed by atoms with Crippen LogP contribution in [0.1, 0.15) is 19.8 Å². The topological polar surface area (TPSA) is 56.9 Å². The molecule has 1 heterocycles. The maximum Gasteiger partial charge on any atom is 0.208 e. The van der Waals surface area contributed by atoms with E-state index in [0.717, 1.165) is 57.2 Å². The monoisotopic (exact) mass is 293 g/mol. The molecule has 21 heavy (non-hydrogen) atoms. The highest BCUT2D eigenvalue weighted by molar-refractivity contribution is 5.79. The first kappa shape index (κ1) is 15.6. The van der Waals surface area contributed by atoms with Crippen LogP contribution in [0.3, 0.4) is 0 Å². The van der Waals surface area contributed by atoms with Crippen LogP contribution in [0.4, 0.5) is 10.1 Å². The van der Waals surface area contributed by atoms with E-state index in [9.17, 15) is 4.39 Å². The Kier molecular flexibility index (Phi) is 5.80. The van der Waals surface area contributed by atoms with Crippen molar-refractivity contribution in [3.05, 3.63) is 30.1 Å². The summed E-state index contributed by atoms with van der Waals surface area (Å²) in [5, 5.41) is 0. The highest BCUT2D eigenvalue weighted by Gasteiger charge is 2.19. The fourth-order valence-electron chi connectivity index (χ4n) is 2.41. The van der Waals surface area contributed by atoms with Crippen LogP contribution < -0.4 is 16.2 Å². The number of hydrogen-bond acceptors (Lipinski definition) is 3. The van der Waals surface area contributed by atoms with E-state index in [4.69, 9.17) is 5.84 Å². The zero-order valence-electron chi connectivity index (χ0n) is 12.6. The molecule has 1 saturated heterocycles. The predicted molar refractivity (Wildman–Crippen MR) is 84.7 cm³/mol. The molecule has 0 aromatic heterocycles. The van der Waals surface area contributed by atoms with Gasteiger partial charge in [-0.3, -0.25) is 10.4 Å². The molecule has 0 bridgehead atoms. The summed E-state index contributed by atoms with van der Waals surface area (Å²) in [5.41, 5.74) is 3.76. The van der Waals surface area contributed by atoms with Gasteiger partial charge in [-0.05, 0) is 30.7 Å². The molecule has 116 valence electrons. The van der Waals surface area contributed by atoms with Crippen LogP contribution >= 0.6 is 0 Å². The van der Waals surface area contributed by atoms with Gasteiger partial charge in [-0.1, -0.05) is 13.3 Å². The number of rotatable bonds is 4. The maximum atomic E-state index is 13.0. The number of aliphatic imine (C=N–C) groups is 1. The minimum Gasteiger partial charge on any atom is -0.368 e. The van der Waals surface area contributed by atoms with Gasteiger partial charge in [-0.2, -0.15) is 0 Å². The van der Waals surface area contributed by atoms with Crippen LogP contribution in [0.15, 0.2) is 29.3 Å². The molecule has 0 amide bonds. The number of nitrogens with two attached hydrogens (primary N) is 1. The van der Waals surface area contributed by atoms with E-state index in [1.807, 2.05) is 12.1 Å². The minimum absolute atomic E-state index is 0.199. The van der Waals surface area contributed by atoms with E-state index in [2.05, 4.69) is 27.1 Å². The second-order valence-electron chi connectivity index (χ2n) is 5.15. The van der Waals surface area contributed by atoms with Crippen molar-refractivity contribution in [3.63, 3.8) is 0 Å². The fourth-order valence-corrected chi connectivity index (χ4v) is 2.41. The van der Waals surface area contributed by atoms with Crippen molar-refractivity contribution in [1.82, 2.24) is 10.3 Å². The lowest BCUT2D eigenvalue weighted by Crippen LogP contribution is -2.54. The number of halogens is 1. The third-order valence-electron chi connectivity index (χ3n) is 3.67. The average Bonchev–Trinajstić information content (AvgIpc) is 2.53. The highest BCUT2D eigenvalue weighted by atomic mass is 19.1. The smallest absolute Gasteiger partial charge is 0.208 e. The van der Waals surface area contributed by atoms with Crippen LogP contribution in [-0.2, 0) is 0 Å². The van der Waals surface area contributed by atoms with E-state index >= 15 is 0 Å². The number of nitrogens with zero attached hydrogens (tertiary/aromatic N) is 3. The van der Waals surface area contributed by atoms with Crippen molar-refractivity contribution >= 4 is 11.6 Å². The van der Waals surface area contributed by atoms with E-state index in [0.29, 0.717) is 0 Å². The van der Waals surface area contributed by atoms with E-state index in [-0.39, 0.29) is 5.82 Å². The van der Waals surface area contributed by atoms with E-state index in [1.54, 1.807) is 0 Å². The summed E-state index contributed by atoms with van der Waals surface area (Å²) in [6, 6.07) is 6.65. The molecule has 0 saturated carbocycles. The molecule has 1 aliphatic heterocycles. The lowest BCUT2D eigenvalue weighted by atomic mass is 10.2. The first-order valence-corrected chi connectivity index (χ1v) is 7.51. The molecule has 6 heteroatoms. The Bertz CT molecular complexity index is 452. The summed E-state index contributed by atoms with van der Waals surface area (Å²) in [6.45, 7) is 6.40. The van der Waals surface area contributed by atoms with Crippen LogP contribution in [0.2, 0.25) is 0 Å². The van der Waals surface area contributed by atoms with Gasteiger partial charge in [0.25, 0.3) is 0 Å². The average molecular weight is 293 g/mol. The molecular weight excluding hydrogens is 269 g/mol. The molecule has 0 radical (unpaired) electrons. The molecule has 5 nitrogen and oxygen atoms in total. The minimum atomic E-state index is -0.199. The highest BCUT2D eigenvalue weighted by Crippen LogP contribution is 2.16. The third kappa shape index (κ3) is 4.32. The molecule has 0 unspecified atom stereocenters. The Morgan fingerprint density at radius 3 is 2.48 bits per heavy atom. The van der Waals surface area contributed by atoms with Crippen LogP contribution in [0.5, 0.6) is 0 Å². The molecule has 0 spiro atoms. The lowest BCUT2D eigenvalue weighted by Gasteiger charge is -2.37. The fraction of sp³-hybridized carbons (Fsp3) is 0.533. The van der Waals surface area contributed by atoms with Gasteiger partial charge < -0.3 is 9.80 Å². The Balaban J connectivity index is 1.89. The lowest BCUT2D eigenvalue weighted by molar-refractivity contribution is 0.372. The van der Waals surface area contributed by atoms with Gasteiger partial charge in [0.05, 0.1) is 0 Å². The largest absolute Gasteiger partial charge is 0.368 e. The number of piperazine rings is 1. The predicted octanol–water partition coefficient (Wildman–Crippen LogP) is 1.57.